The molecular formula is C21H23F2N5O. The number of carbonyl (C=O) groups excluding carboxylic acids is 1. The Hall–Kier alpha value is -3.55. The average Bonchev–Trinajstić information content (AvgIpc) is 2.68. The molecule has 29 heavy (non-hydrogen) atoms. The van der Waals surface area contributed by atoms with Gasteiger partial charge < -0.3 is 11.5 Å². The molecule has 0 heterocycles. The van der Waals surface area contributed by atoms with Gasteiger partial charge >= 0.3 is 0 Å². The van der Waals surface area contributed by atoms with Gasteiger partial charge in [0.2, 0.25) is 5.96 Å². The van der Waals surface area contributed by atoms with Crippen LogP contribution in [0.15, 0.2) is 64.6 Å². The summed E-state index contributed by atoms with van der Waals surface area (Å²) < 4.78 is 26.1. The molecule has 1 atom stereocenters. The largest absolute Gasteiger partial charge is 0.398 e. The highest BCUT2D eigenvalue weighted by molar-refractivity contribution is 6.11. The molecule has 0 saturated heterocycles. The third-order valence-corrected chi connectivity index (χ3v) is 3.98. The van der Waals surface area contributed by atoms with E-state index < -0.39 is 11.7 Å². The van der Waals surface area contributed by atoms with Crippen LogP contribution in [0, 0.1) is 11.6 Å². The van der Waals surface area contributed by atoms with Crippen LogP contribution in [0.25, 0.3) is 5.70 Å². The van der Waals surface area contributed by atoms with Crippen molar-refractivity contribution in [3.63, 3.8) is 0 Å². The first-order valence-corrected chi connectivity index (χ1v) is 9.00. The zero-order chi connectivity index (χ0) is 21.4. The van der Waals surface area contributed by atoms with Crippen LogP contribution in [0.4, 0.5) is 8.78 Å². The predicted molar refractivity (Wildman–Crippen MR) is 111 cm³/mol. The van der Waals surface area contributed by atoms with E-state index in [1.165, 1.54) is 54.6 Å². The van der Waals surface area contributed by atoms with Gasteiger partial charge in [-0.25, -0.2) is 13.8 Å². The molecule has 0 saturated carbocycles. The Morgan fingerprint density at radius 2 is 1.55 bits per heavy atom. The lowest BCUT2D eigenvalue weighted by atomic mass is 10.1. The summed E-state index contributed by atoms with van der Waals surface area (Å²) in [6.07, 6.45) is 2.11. The molecule has 0 bridgehead atoms. The van der Waals surface area contributed by atoms with Gasteiger partial charge in [-0.1, -0.05) is 19.1 Å². The second kappa shape index (κ2) is 10.1. The lowest BCUT2D eigenvalue weighted by molar-refractivity contribution is 0.0976. The van der Waals surface area contributed by atoms with Crippen molar-refractivity contribution in [3.8, 4) is 0 Å². The number of hydrogen-bond donors (Lipinski definition) is 3. The molecule has 2 aromatic carbocycles. The molecule has 0 radical (unpaired) electrons. The highest BCUT2D eigenvalue weighted by Crippen LogP contribution is 2.10. The second-order valence-electron chi connectivity index (χ2n) is 6.31. The molecular weight excluding hydrogens is 376 g/mol. The van der Waals surface area contributed by atoms with Gasteiger partial charge in [-0.05, 0) is 55.3 Å². The summed E-state index contributed by atoms with van der Waals surface area (Å²) in [7, 11) is 0. The Bertz CT molecular complexity index is 935. The number of guanidine groups is 1. The molecule has 0 aliphatic carbocycles. The first kappa shape index (κ1) is 21.7. The Kier molecular flexibility index (Phi) is 7.59. The SMILES string of the molecule is CCC(C)N=C(N=C(N)C=C(N)c1ccc(F)cc1)NC(=O)c1ccc(F)cc1. The molecule has 2 rings (SSSR count). The second-order valence-corrected chi connectivity index (χ2v) is 6.31. The Balaban J connectivity index is 2.25. The number of nitrogens with one attached hydrogen (secondary N) is 1. The number of rotatable bonds is 5. The molecule has 0 spiro atoms. The zero-order valence-corrected chi connectivity index (χ0v) is 16.2. The monoisotopic (exact) mass is 399 g/mol. The number of benzene rings is 2. The third kappa shape index (κ3) is 6.84. The standard InChI is InChI=1S/C21H23F2N5O/c1-3-13(2)26-21(28-20(29)15-6-10-17(23)11-7-15)27-19(25)12-18(24)14-4-8-16(22)9-5-14/h4-13H,3,24H2,1-2H3,(H3,25,26,27,28,29). The Morgan fingerprint density at radius 1 is 1.03 bits per heavy atom. The lowest BCUT2D eigenvalue weighted by Gasteiger charge is -2.09. The maximum Gasteiger partial charge on any atom is 0.258 e. The van der Waals surface area contributed by atoms with Crippen molar-refractivity contribution in [2.24, 2.45) is 21.5 Å². The molecule has 0 aliphatic heterocycles. The van der Waals surface area contributed by atoms with Crippen molar-refractivity contribution in [3.05, 3.63) is 77.4 Å². The number of amides is 1. The zero-order valence-electron chi connectivity index (χ0n) is 16.2. The number of halogens is 2. The quantitative estimate of drug-likeness (QED) is 0.531. The summed E-state index contributed by atoms with van der Waals surface area (Å²) in [4.78, 5) is 20.9. The van der Waals surface area contributed by atoms with Crippen LogP contribution >= 0.6 is 0 Å². The van der Waals surface area contributed by atoms with E-state index in [1.807, 2.05) is 13.8 Å². The molecule has 152 valence electrons. The molecule has 0 aliphatic rings. The van der Waals surface area contributed by atoms with Crippen molar-refractivity contribution >= 4 is 23.4 Å². The highest BCUT2D eigenvalue weighted by atomic mass is 19.1. The van der Waals surface area contributed by atoms with E-state index in [2.05, 4.69) is 15.3 Å². The number of amidine groups is 1. The molecule has 6 nitrogen and oxygen atoms in total. The summed E-state index contributed by atoms with van der Waals surface area (Å²) >= 11 is 0. The number of nitrogens with zero attached hydrogens (tertiary/aromatic N) is 2. The number of carbonyl (C=O) groups is 1. The third-order valence-electron chi connectivity index (χ3n) is 3.98. The Morgan fingerprint density at radius 3 is 2.07 bits per heavy atom. The maximum absolute atomic E-state index is 13.1. The first-order chi connectivity index (χ1) is 13.8. The van der Waals surface area contributed by atoms with E-state index in [0.717, 1.165) is 6.42 Å². The average molecular weight is 399 g/mol. The molecule has 2 aromatic rings. The summed E-state index contributed by atoms with van der Waals surface area (Å²) in [6.45, 7) is 3.80. The van der Waals surface area contributed by atoms with Crippen LogP contribution < -0.4 is 16.8 Å². The minimum Gasteiger partial charge on any atom is -0.398 e. The smallest absolute Gasteiger partial charge is 0.258 e. The van der Waals surface area contributed by atoms with Crippen molar-refractivity contribution in [2.45, 2.75) is 26.3 Å². The number of aliphatic imine (C=N–C) groups is 2. The van der Waals surface area contributed by atoms with Crippen LogP contribution in [-0.2, 0) is 0 Å². The van der Waals surface area contributed by atoms with Crippen LogP contribution in [0.1, 0.15) is 36.2 Å². The molecule has 0 fully saturated rings. The van der Waals surface area contributed by atoms with E-state index in [4.69, 9.17) is 11.5 Å². The van der Waals surface area contributed by atoms with Gasteiger partial charge in [0.1, 0.15) is 17.5 Å². The number of hydrogen-bond acceptors (Lipinski definition) is 3. The van der Waals surface area contributed by atoms with E-state index in [0.29, 0.717) is 5.56 Å². The van der Waals surface area contributed by atoms with Crippen molar-refractivity contribution in [2.75, 3.05) is 0 Å². The lowest BCUT2D eigenvalue weighted by Crippen LogP contribution is -2.32. The highest BCUT2D eigenvalue weighted by Gasteiger charge is 2.10. The summed E-state index contributed by atoms with van der Waals surface area (Å²) in [6, 6.07) is 10.5. The van der Waals surface area contributed by atoms with Gasteiger partial charge in [0.05, 0.1) is 6.04 Å². The number of nitrogens with two attached hydrogens (primary N) is 2. The van der Waals surface area contributed by atoms with Gasteiger partial charge in [0, 0.05) is 17.3 Å². The molecule has 5 N–H and O–H groups in total. The molecule has 1 amide bonds. The Labute approximate surface area is 168 Å². The van der Waals surface area contributed by atoms with Crippen LogP contribution in [-0.4, -0.2) is 23.7 Å². The summed E-state index contributed by atoms with van der Waals surface area (Å²) in [5, 5.41) is 2.57. The first-order valence-electron chi connectivity index (χ1n) is 9.00. The van der Waals surface area contributed by atoms with E-state index in [-0.39, 0.29) is 34.9 Å². The molecule has 8 heteroatoms. The van der Waals surface area contributed by atoms with E-state index in [9.17, 15) is 13.6 Å². The maximum atomic E-state index is 13.1. The van der Waals surface area contributed by atoms with Gasteiger partial charge in [-0.2, -0.15) is 4.99 Å². The van der Waals surface area contributed by atoms with E-state index in [1.54, 1.807) is 0 Å². The normalized spacial score (nSPS) is 13.9. The van der Waals surface area contributed by atoms with Gasteiger partial charge in [-0.15, -0.1) is 0 Å². The fraction of sp³-hybridized carbons (Fsp3) is 0.190. The van der Waals surface area contributed by atoms with Crippen LogP contribution in [0.3, 0.4) is 0 Å². The molecule has 1 unspecified atom stereocenters. The molecule has 0 aromatic heterocycles. The fourth-order valence-electron chi connectivity index (χ4n) is 2.20. The van der Waals surface area contributed by atoms with Crippen molar-refractivity contribution in [1.29, 1.82) is 0 Å². The summed E-state index contributed by atoms with van der Waals surface area (Å²) in [5.74, 6) is -1.31. The van der Waals surface area contributed by atoms with Gasteiger partial charge in [0.25, 0.3) is 5.91 Å². The van der Waals surface area contributed by atoms with E-state index >= 15 is 0 Å². The van der Waals surface area contributed by atoms with Gasteiger partial charge in [-0.3, -0.25) is 10.1 Å². The topological polar surface area (TPSA) is 106 Å². The van der Waals surface area contributed by atoms with Gasteiger partial charge in [0.15, 0.2) is 0 Å². The summed E-state index contributed by atoms with van der Waals surface area (Å²) in [5.41, 5.74) is 13.0. The van der Waals surface area contributed by atoms with Crippen LogP contribution in [0.5, 0.6) is 0 Å². The van der Waals surface area contributed by atoms with Crippen LogP contribution in [0.2, 0.25) is 0 Å². The van der Waals surface area contributed by atoms with Crippen molar-refractivity contribution < 1.29 is 13.6 Å². The van der Waals surface area contributed by atoms with Crippen molar-refractivity contribution in [1.82, 2.24) is 5.32 Å². The predicted octanol–water partition coefficient (Wildman–Crippen LogP) is 3.21. The minimum absolute atomic E-state index is 0.00767. The minimum atomic E-state index is -0.501. The fourth-order valence-corrected chi connectivity index (χ4v) is 2.20.